The Kier molecular flexibility index (Phi) is 6.77. The number of imidazole rings is 1. The maximum atomic E-state index is 13.1. The minimum atomic E-state index is -0.264. The number of aromatic nitrogens is 2. The van der Waals surface area contributed by atoms with Crippen LogP contribution in [-0.4, -0.2) is 22.7 Å². The molecule has 0 aliphatic carbocycles. The van der Waals surface area contributed by atoms with E-state index in [0.29, 0.717) is 25.4 Å². The highest BCUT2D eigenvalue weighted by atomic mass is 79.9. The van der Waals surface area contributed by atoms with Crippen LogP contribution in [0.15, 0.2) is 77.3 Å². The van der Waals surface area contributed by atoms with Crippen LogP contribution in [0, 0.1) is 5.82 Å². The summed E-state index contributed by atoms with van der Waals surface area (Å²) in [5.74, 6) is 1.38. The molecule has 0 saturated carbocycles. The highest BCUT2D eigenvalue weighted by Crippen LogP contribution is 2.17. The van der Waals surface area contributed by atoms with Gasteiger partial charge in [-0.1, -0.05) is 40.2 Å². The summed E-state index contributed by atoms with van der Waals surface area (Å²) in [7, 11) is 0. The third-order valence-corrected chi connectivity index (χ3v) is 5.45. The van der Waals surface area contributed by atoms with Crippen LogP contribution in [0.2, 0.25) is 0 Å². The van der Waals surface area contributed by atoms with Crippen molar-refractivity contribution in [1.29, 1.82) is 0 Å². The second kappa shape index (κ2) is 9.87. The lowest BCUT2D eigenvalue weighted by Crippen LogP contribution is -2.21. The Morgan fingerprint density at radius 2 is 1.73 bits per heavy atom. The van der Waals surface area contributed by atoms with E-state index in [1.54, 1.807) is 12.1 Å². The molecule has 4 aromatic rings. The summed E-state index contributed by atoms with van der Waals surface area (Å²) in [4.78, 5) is 4.80. The molecular weight excluding hydrogens is 445 g/mol. The fourth-order valence-corrected chi connectivity index (χ4v) is 3.64. The Labute approximate surface area is 183 Å². The van der Waals surface area contributed by atoms with Crippen LogP contribution in [0.3, 0.4) is 0 Å². The molecule has 6 heteroatoms. The predicted octanol–water partition coefficient (Wildman–Crippen LogP) is 5.35. The molecule has 0 atom stereocenters. The smallest absolute Gasteiger partial charge is 0.124 e. The molecule has 0 aliphatic rings. The number of hydrogen-bond donors (Lipinski definition) is 1. The highest BCUT2D eigenvalue weighted by molar-refractivity contribution is 9.10. The number of halogens is 2. The Balaban J connectivity index is 1.38. The SMILES string of the molecule is Fc1ccc(OCCn2c(CNCCc3ccc(Br)cc3)nc3ccccc32)cc1. The van der Waals surface area contributed by atoms with Crippen molar-refractivity contribution in [3.63, 3.8) is 0 Å². The van der Waals surface area contributed by atoms with E-state index < -0.39 is 0 Å². The van der Waals surface area contributed by atoms with Gasteiger partial charge in [-0.25, -0.2) is 9.37 Å². The fourth-order valence-electron chi connectivity index (χ4n) is 3.38. The van der Waals surface area contributed by atoms with Crippen molar-refractivity contribution in [2.45, 2.75) is 19.5 Å². The number of fused-ring (bicyclic) bond motifs is 1. The van der Waals surface area contributed by atoms with Gasteiger partial charge in [0.2, 0.25) is 0 Å². The van der Waals surface area contributed by atoms with Crippen molar-refractivity contribution in [3.05, 3.63) is 94.5 Å². The first-order chi connectivity index (χ1) is 14.7. The lowest BCUT2D eigenvalue weighted by Gasteiger charge is -2.11. The van der Waals surface area contributed by atoms with E-state index in [1.807, 2.05) is 18.2 Å². The third kappa shape index (κ3) is 5.26. The molecule has 0 unspecified atom stereocenters. The lowest BCUT2D eigenvalue weighted by molar-refractivity contribution is 0.297. The number of hydrogen-bond acceptors (Lipinski definition) is 3. The topological polar surface area (TPSA) is 39.1 Å². The predicted molar refractivity (Wildman–Crippen MR) is 121 cm³/mol. The van der Waals surface area contributed by atoms with Crippen LogP contribution in [0.25, 0.3) is 11.0 Å². The number of rotatable bonds is 9. The van der Waals surface area contributed by atoms with Crippen LogP contribution in [0.4, 0.5) is 4.39 Å². The zero-order valence-electron chi connectivity index (χ0n) is 16.5. The van der Waals surface area contributed by atoms with Crippen molar-refractivity contribution in [2.24, 2.45) is 0 Å². The summed E-state index contributed by atoms with van der Waals surface area (Å²) >= 11 is 3.47. The quantitative estimate of drug-likeness (QED) is 0.337. The third-order valence-electron chi connectivity index (χ3n) is 4.92. The van der Waals surface area contributed by atoms with Gasteiger partial charge in [-0.3, -0.25) is 0 Å². The van der Waals surface area contributed by atoms with Crippen LogP contribution in [-0.2, 0) is 19.5 Å². The van der Waals surface area contributed by atoms with Crippen LogP contribution >= 0.6 is 15.9 Å². The molecule has 0 aliphatic heterocycles. The Morgan fingerprint density at radius 3 is 2.53 bits per heavy atom. The van der Waals surface area contributed by atoms with Gasteiger partial charge < -0.3 is 14.6 Å². The molecule has 0 saturated heterocycles. The molecule has 1 heterocycles. The molecule has 0 bridgehead atoms. The van der Waals surface area contributed by atoms with Gasteiger partial charge >= 0.3 is 0 Å². The summed E-state index contributed by atoms with van der Waals surface area (Å²) in [6.45, 7) is 2.71. The zero-order chi connectivity index (χ0) is 20.8. The molecule has 30 heavy (non-hydrogen) atoms. The first-order valence-corrected chi connectivity index (χ1v) is 10.8. The molecule has 4 nitrogen and oxygen atoms in total. The second-order valence-corrected chi connectivity index (χ2v) is 7.94. The number of nitrogens with zero attached hydrogens (tertiary/aromatic N) is 2. The molecular formula is C24H23BrFN3O. The summed E-state index contributed by atoms with van der Waals surface area (Å²) in [5.41, 5.74) is 3.36. The molecule has 0 fully saturated rings. The normalized spacial score (nSPS) is 11.1. The minimum absolute atomic E-state index is 0.264. The van der Waals surface area contributed by atoms with E-state index in [0.717, 1.165) is 34.3 Å². The van der Waals surface area contributed by atoms with Crippen LogP contribution in [0.1, 0.15) is 11.4 Å². The highest BCUT2D eigenvalue weighted by Gasteiger charge is 2.10. The first kappa shape index (κ1) is 20.6. The maximum Gasteiger partial charge on any atom is 0.124 e. The Bertz CT molecular complexity index is 1090. The first-order valence-electron chi connectivity index (χ1n) is 9.97. The summed E-state index contributed by atoms with van der Waals surface area (Å²) in [6.07, 6.45) is 0.960. The number of benzene rings is 3. The molecule has 1 aromatic heterocycles. The number of nitrogens with one attached hydrogen (secondary N) is 1. The fraction of sp³-hybridized carbons (Fsp3) is 0.208. The van der Waals surface area contributed by atoms with Gasteiger partial charge in [-0.05, 0) is 67.1 Å². The van der Waals surface area contributed by atoms with Gasteiger partial charge in [-0.2, -0.15) is 0 Å². The molecule has 1 N–H and O–H groups in total. The lowest BCUT2D eigenvalue weighted by atomic mass is 10.1. The summed E-state index contributed by atoms with van der Waals surface area (Å²) in [5, 5.41) is 3.50. The number of ether oxygens (including phenoxy) is 1. The minimum Gasteiger partial charge on any atom is -0.492 e. The van der Waals surface area contributed by atoms with E-state index in [2.05, 4.69) is 56.1 Å². The van der Waals surface area contributed by atoms with Crippen molar-refractivity contribution in [1.82, 2.24) is 14.9 Å². The summed E-state index contributed by atoms with van der Waals surface area (Å²) in [6, 6.07) is 22.6. The average molecular weight is 468 g/mol. The van der Waals surface area contributed by atoms with E-state index in [1.165, 1.54) is 17.7 Å². The van der Waals surface area contributed by atoms with E-state index >= 15 is 0 Å². The van der Waals surface area contributed by atoms with Crippen molar-refractivity contribution >= 4 is 27.0 Å². The monoisotopic (exact) mass is 467 g/mol. The van der Waals surface area contributed by atoms with Gasteiger partial charge in [0.25, 0.3) is 0 Å². The Hall–Kier alpha value is -2.70. The van der Waals surface area contributed by atoms with Gasteiger partial charge in [0.1, 0.15) is 24.0 Å². The molecule has 154 valence electrons. The van der Waals surface area contributed by atoms with Crippen molar-refractivity contribution in [3.8, 4) is 5.75 Å². The average Bonchev–Trinajstić information content (AvgIpc) is 3.11. The molecule has 0 radical (unpaired) electrons. The largest absolute Gasteiger partial charge is 0.492 e. The molecule has 0 spiro atoms. The van der Waals surface area contributed by atoms with Crippen LogP contribution in [0.5, 0.6) is 5.75 Å². The second-order valence-electron chi connectivity index (χ2n) is 7.02. The van der Waals surface area contributed by atoms with E-state index in [9.17, 15) is 4.39 Å². The molecule has 3 aromatic carbocycles. The van der Waals surface area contributed by atoms with Crippen molar-refractivity contribution in [2.75, 3.05) is 13.2 Å². The van der Waals surface area contributed by atoms with E-state index in [4.69, 9.17) is 9.72 Å². The van der Waals surface area contributed by atoms with Gasteiger partial charge in [0.05, 0.1) is 24.1 Å². The van der Waals surface area contributed by atoms with Gasteiger partial charge in [0, 0.05) is 4.47 Å². The molecule has 0 amide bonds. The van der Waals surface area contributed by atoms with Gasteiger partial charge in [-0.15, -0.1) is 0 Å². The number of para-hydroxylation sites is 2. The summed E-state index contributed by atoms with van der Waals surface area (Å²) < 4.78 is 22.1. The van der Waals surface area contributed by atoms with Crippen LogP contribution < -0.4 is 10.1 Å². The zero-order valence-corrected chi connectivity index (χ0v) is 18.1. The van der Waals surface area contributed by atoms with Gasteiger partial charge in [0.15, 0.2) is 0 Å². The standard InChI is InChI=1S/C24H23BrFN3O/c25-19-7-5-18(6-8-19)13-14-27-17-24-28-22-3-1-2-4-23(22)29(24)15-16-30-21-11-9-20(26)10-12-21/h1-12,27H,13-17H2. The molecule has 4 rings (SSSR count). The van der Waals surface area contributed by atoms with Crippen molar-refractivity contribution < 1.29 is 9.13 Å². The van der Waals surface area contributed by atoms with E-state index in [-0.39, 0.29) is 5.82 Å². The maximum absolute atomic E-state index is 13.1. The Morgan fingerprint density at radius 1 is 0.967 bits per heavy atom.